The van der Waals surface area contributed by atoms with Crippen molar-refractivity contribution in [2.75, 3.05) is 32.1 Å². The lowest BCUT2D eigenvalue weighted by molar-refractivity contribution is 0.229. The number of hydrogen-bond acceptors (Lipinski definition) is 7. The van der Waals surface area contributed by atoms with Crippen LogP contribution in [0.3, 0.4) is 0 Å². The average molecular weight is 428 g/mol. The van der Waals surface area contributed by atoms with Gasteiger partial charge >= 0.3 is 0 Å². The molecular weight excluding hydrogens is 402 g/mol. The van der Waals surface area contributed by atoms with Crippen molar-refractivity contribution < 1.29 is 12.9 Å². The molecule has 0 amide bonds. The van der Waals surface area contributed by atoms with E-state index in [-0.39, 0.29) is 17.3 Å². The summed E-state index contributed by atoms with van der Waals surface area (Å²) in [5.41, 5.74) is 7.35. The highest BCUT2D eigenvalue weighted by atomic mass is 35.5. The van der Waals surface area contributed by atoms with Gasteiger partial charge in [0.25, 0.3) is 5.89 Å². The van der Waals surface area contributed by atoms with Gasteiger partial charge in [-0.2, -0.15) is 4.98 Å². The Morgan fingerprint density at radius 2 is 1.86 bits per heavy atom. The number of benzene rings is 1. The summed E-state index contributed by atoms with van der Waals surface area (Å²) < 4.78 is 31.9. The lowest BCUT2D eigenvalue weighted by Crippen LogP contribution is -2.44. The van der Waals surface area contributed by atoms with Crippen LogP contribution in [0, 0.1) is 0 Å². The summed E-state index contributed by atoms with van der Waals surface area (Å²) in [5, 5.41) is 4.09. The van der Waals surface area contributed by atoms with E-state index in [4.69, 9.17) is 10.3 Å². The Morgan fingerprint density at radius 3 is 2.43 bits per heavy atom. The molecule has 0 radical (unpaired) electrons. The lowest BCUT2D eigenvalue weighted by Gasteiger charge is -2.34. The van der Waals surface area contributed by atoms with Crippen LogP contribution in [0.15, 0.2) is 27.6 Å². The number of anilines is 1. The van der Waals surface area contributed by atoms with Crippen LogP contribution in [0.2, 0.25) is 0 Å². The van der Waals surface area contributed by atoms with Gasteiger partial charge in [-0.3, -0.25) is 0 Å². The van der Waals surface area contributed by atoms with Gasteiger partial charge in [-0.1, -0.05) is 5.16 Å². The summed E-state index contributed by atoms with van der Waals surface area (Å²) in [6.45, 7) is 1.85. The summed E-state index contributed by atoms with van der Waals surface area (Å²) >= 11 is 0. The predicted molar refractivity (Wildman–Crippen MR) is 109 cm³/mol. The SMILES string of the molecule is CN(C)S(=O)(=O)c1ccc(N2CCCC2)c(-c2nc(C3(N)CCC3)no2)c1.Cl. The molecule has 1 saturated heterocycles. The fourth-order valence-corrected chi connectivity index (χ4v) is 4.54. The molecule has 0 spiro atoms. The summed E-state index contributed by atoms with van der Waals surface area (Å²) in [6.07, 6.45) is 4.94. The molecule has 1 aromatic carbocycles. The zero-order valence-electron chi connectivity index (χ0n) is 16.1. The monoisotopic (exact) mass is 427 g/mol. The molecule has 1 saturated carbocycles. The average Bonchev–Trinajstić information content (AvgIpc) is 3.31. The highest BCUT2D eigenvalue weighted by Crippen LogP contribution is 2.39. The maximum Gasteiger partial charge on any atom is 0.260 e. The van der Waals surface area contributed by atoms with Crippen molar-refractivity contribution in [1.82, 2.24) is 14.4 Å². The van der Waals surface area contributed by atoms with Crippen LogP contribution in [0.4, 0.5) is 5.69 Å². The molecule has 1 aliphatic carbocycles. The maximum atomic E-state index is 12.6. The molecule has 10 heteroatoms. The van der Waals surface area contributed by atoms with Crippen molar-refractivity contribution in [3.8, 4) is 11.5 Å². The first kappa shape index (κ1) is 21.0. The molecule has 28 heavy (non-hydrogen) atoms. The first-order chi connectivity index (χ1) is 12.8. The Balaban J connectivity index is 0.00000225. The van der Waals surface area contributed by atoms with Gasteiger partial charge in [0, 0.05) is 32.9 Å². The van der Waals surface area contributed by atoms with Crippen LogP contribution in [0.5, 0.6) is 0 Å². The molecular formula is C18H26ClN5O3S. The molecule has 1 aliphatic heterocycles. The van der Waals surface area contributed by atoms with Gasteiger partial charge in [-0.25, -0.2) is 12.7 Å². The van der Waals surface area contributed by atoms with E-state index >= 15 is 0 Å². The molecule has 0 unspecified atom stereocenters. The molecule has 4 rings (SSSR count). The van der Waals surface area contributed by atoms with Gasteiger partial charge < -0.3 is 15.2 Å². The van der Waals surface area contributed by atoms with Crippen molar-refractivity contribution in [2.24, 2.45) is 5.73 Å². The van der Waals surface area contributed by atoms with Crippen LogP contribution in [-0.4, -0.2) is 50.0 Å². The summed E-state index contributed by atoms with van der Waals surface area (Å²) in [6, 6.07) is 5.10. The Bertz CT molecular complexity index is 950. The van der Waals surface area contributed by atoms with Crippen LogP contribution in [-0.2, 0) is 15.6 Å². The minimum Gasteiger partial charge on any atom is -0.371 e. The third kappa shape index (κ3) is 3.52. The predicted octanol–water partition coefficient (Wildman–Crippen LogP) is 2.35. The van der Waals surface area contributed by atoms with E-state index in [9.17, 15) is 8.42 Å². The summed E-state index contributed by atoms with van der Waals surface area (Å²) in [5.74, 6) is 0.816. The van der Waals surface area contributed by atoms with E-state index in [1.807, 2.05) is 6.07 Å². The molecule has 2 heterocycles. The zero-order chi connectivity index (χ0) is 19.2. The van der Waals surface area contributed by atoms with Crippen LogP contribution in [0.25, 0.3) is 11.5 Å². The van der Waals surface area contributed by atoms with Crippen molar-refractivity contribution >= 4 is 28.1 Å². The molecule has 8 nitrogen and oxygen atoms in total. The fraction of sp³-hybridized carbons (Fsp3) is 0.556. The third-order valence-corrected chi connectivity index (χ3v) is 7.35. The highest BCUT2D eigenvalue weighted by Gasteiger charge is 2.39. The number of hydrogen-bond donors (Lipinski definition) is 1. The second-order valence-corrected chi connectivity index (χ2v) is 9.75. The Kier molecular flexibility index (Phi) is 5.73. The minimum absolute atomic E-state index is 0. The second-order valence-electron chi connectivity index (χ2n) is 7.59. The van der Waals surface area contributed by atoms with E-state index in [0.29, 0.717) is 17.3 Å². The van der Waals surface area contributed by atoms with Gasteiger partial charge in [0.1, 0.15) is 0 Å². The summed E-state index contributed by atoms with van der Waals surface area (Å²) in [7, 11) is -0.529. The van der Waals surface area contributed by atoms with Crippen molar-refractivity contribution in [3.05, 3.63) is 24.0 Å². The number of halogens is 1. The first-order valence-electron chi connectivity index (χ1n) is 9.26. The lowest BCUT2D eigenvalue weighted by atomic mass is 9.77. The van der Waals surface area contributed by atoms with Gasteiger partial charge in [-0.15, -0.1) is 12.4 Å². The van der Waals surface area contributed by atoms with E-state index in [2.05, 4.69) is 15.0 Å². The minimum atomic E-state index is -3.56. The largest absolute Gasteiger partial charge is 0.371 e. The Labute approximate surface area is 171 Å². The van der Waals surface area contributed by atoms with E-state index in [1.54, 1.807) is 12.1 Å². The molecule has 2 fully saturated rings. The smallest absolute Gasteiger partial charge is 0.260 e. The van der Waals surface area contributed by atoms with Gasteiger partial charge in [0.05, 0.1) is 16.0 Å². The van der Waals surface area contributed by atoms with Gasteiger partial charge in [-0.05, 0) is 50.3 Å². The van der Waals surface area contributed by atoms with E-state index in [1.165, 1.54) is 18.4 Å². The number of aromatic nitrogens is 2. The normalized spacial score (nSPS) is 18.8. The number of nitrogens with zero attached hydrogens (tertiary/aromatic N) is 4. The maximum absolute atomic E-state index is 12.6. The molecule has 2 aromatic rings. The van der Waals surface area contributed by atoms with Crippen molar-refractivity contribution in [2.45, 2.75) is 42.5 Å². The molecule has 1 aromatic heterocycles. The summed E-state index contributed by atoms with van der Waals surface area (Å²) in [4.78, 5) is 6.97. The number of rotatable bonds is 5. The van der Waals surface area contributed by atoms with E-state index in [0.717, 1.165) is 50.9 Å². The molecule has 0 bridgehead atoms. The quantitative estimate of drug-likeness (QED) is 0.780. The highest BCUT2D eigenvalue weighted by molar-refractivity contribution is 7.89. The van der Waals surface area contributed by atoms with E-state index < -0.39 is 15.6 Å². The topological polar surface area (TPSA) is 106 Å². The first-order valence-corrected chi connectivity index (χ1v) is 10.7. The van der Waals surface area contributed by atoms with Crippen molar-refractivity contribution in [1.29, 1.82) is 0 Å². The standard InChI is InChI=1S/C18H25N5O3S.ClH/c1-22(2)27(24,25)13-6-7-15(23-10-3-4-11-23)14(12-13)16-20-17(21-26-16)18(19)8-5-9-18;/h6-7,12H,3-5,8-11,19H2,1-2H3;1H. The number of sulfonamides is 1. The zero-order valence-corrected chi connectivity index (χ0v) is 17.7. The molecule has 0 atom stereocenters. The Hall–Kier alpha value is -1.68. The molecule has 2 N–H and O–H groups in total. The molecule has 2 aliphatic rings. The number of nitrogens with two attached hydrogens (primary N) is 1. The van der Waals surface area contributed by atoms with Crippen LogP contribution < -0.4 is 10.6 Å². The third-order valence-electron chi connectivity index (χ3n) is 5.54. The van der Waals surface area contributed by atoms with Gasteiger partial charge in [0.2, 0.25) is 10.0 Å². The van der Waals surface area contributed by atoms with Gasteiger partial charge in [0.15, 0.2) is 5.82 Å². The van der Waals surface area contributed by atoms with Crippen LogP contribution >= 0.6 is 12.4 Å². The second kappa shape index (κ2) is 7.62. The van der Waals surface area contributed by atoms with Crippen molar-refractivity contribution in [3.63, 3.8) is 0 Å². The van der Waals surface area contributed by atoms with Crippen LogP contribution in [0.1, 0.15) is 37.9 Å². The Morgan fingerprint density at radius 1 is 1.18 bits per heavy atom. The fourth-order valence-electron chi connectivity index (χ4n) is 3.61. The molecule has 154 valence electrons.